The van der Waals surface area contributed by atoms with Crippen molar-refractivity contribution in [1.82, 2.24) is 20.4 Å². The Hall–Kier alpha value is -0.930. The molecule has 0 radical (unpaired) electrons. The van der Waals surface area contributed by atoms with Crippen LogP contribution in [-0.2, 0) is 6.42 Å². The summed E-state index contributed by atoms with van der Waals surface area (Å²) >= 11 is 0. The summed E-state index contributed by atoms with van der Waals surface area (Å²) in [6.07, 6.45) is 0.844. The molecule has 0 spiro atoms. The average Bonchev–Trinajstić information content (AvgIpc) is 2.57. The Balaban J connectivity index is 0.00000312. The van der Waals surface area contributed by atoms with Crippen LogP contribution in [0.1, 0.15) is 12.5 Å². The molecule has 1 unspecified atom stereocenters. The number of benzene rings is 1. The highest BCUT2D eigenvalue weighted by molar-refractivity contribution is 14.0. The molecule has 1 fully saturated rings. The van der Waals surface area contributed by atoms with E-state index < -0.39 is 0 Å². The summed E-state index contributed by atoms with van der Waals surface area (Å²) in [6, 6.07) is 7.12. The summed E-state index contributed by atoms with van der Waals surface area (Å²) in [5.74, 6) is 0.657. The second-order valence-corrected chi connectivity index (χ2v) is 6.42. The highest BCUT2D eigenvalue weighted by Crippen LogP contribution is 2.06. The third kappa shape index (κ3) is 7.87. The Labute approximate surface area is 168 Å². The summed E-state index contributed by atoms with van der Waals surface area (Å²) < 4.78 is 12.9. The topological polar surface area (TPSA) is 42.9 Å². The largest absolute Gasteiger partial charge is 0.357 e. The van der Waals surface area contributed by atoms with Gasteiger partial charge in [-0.25, -0.2) is 4.39 Å². The molecule has 0 bridgehead atoms. The Bertz CT molecular complexity index is 523. The van der Waals surface area contributed by atoms with Crippen LogP contribution in [-0.4, -0.2) is 75.2 Å². The lowest BCUT2D eigenvalue weighted by Crippen LogP contribution is -2.51. The van der Waals surface area contributed by atoms with Gasteiger partial charge in [-0.3, -0.25) is 9.89 Å². The molecule has 1 aromatic carbocycles. The summed E-state index contributed by atoms with van der Waals surface area (Å²) in [7, 11) is 4.33. The first-order chi connectivity index (χ1) is 11.6. The van der Waals surface area contributed by atoms with Gasteiger partial charge in [0.05, 0.1) is 6.54 Å². The van der Waals surface area contributed by atoms with Crippen molar-refractivity contribution in [2.75, 3.05) is 53.4 Å². The number of aliphatic imine (C=N–C) groups is 1. The van der Waals surface area contributed by atoms with Crippen LogP contribution in [0.25, 0.3) is 0 Å². The molecule has 2 N–H and O–H groups in total. The predicted octanol–water partition coefficient (Wildman–Crippen LogP) is 1.79. The summed E-state index contributed by atoms with van der Waals surface area (Å²) in [6.45, 7) is 7.72. The van der Waals surface area contributed by atoms with E-state index >= 15 is 0 Å². The molecule has 7 heteroatoms. The highest BCUT2D eigenvalue weighted by Gasteiger charge is 2.21. The van der Waals surface area contributed by atoms with Crippen molar-refractivity contribution in [3.63, 3.8) is 0 Å². The van der Waals surface area contributed by atoms with Crippen LogP contribution in [0, 0.1) is 5.82 Å². The van der Waals surface area contributed by atoms with Gasteiger partial charge in [0.2, 0.25) is 0 Å². The summed E-state index contributed by atoms with van der Waals surface area (Å²) in [4.78, 5) is 9.47. The van der Waals surface area contributed by atoms with Gasteiger partial charge in [0.1, 0.15) is 5.82 Å². The Kier molecular flexibility index (Phi) is 10.3. The second-order valence-electron chi connectivity index (χ2n) is 6.42. The minimum absolute atomic E-state index is 0. The van der Waals surface area contributed by atoms with Gasteiger partial charge < -0.3 is 15.5 Å². The lowest BCUT2D eigenvalue weighted by Gasteiger charge is -2.36. The molecule has 1 saturated heterocycles. The maximum Gasteiger partial charge on any atom is 0.191 e. The molecule has 0 saturated carbocycles. The van der Waals surface area contributed by atoms with Gasteiger partial charge in [0.25, 0.3) is 0 Å². The van der Waals surface area contributed by atoms with Gasteiger partial charge in [-0.05, 0) is 45.1 Å². The van der Waals surface area contributed by atoms with Crippen LogP contribution in [0.5, 0.6) is 0 Å². The van der Waals surface area contributed by atoms with Crippen LogP contribution in [0.3, 0.4) is 0 Å². The fourth-order valence-electron chi connectivity index (χ4n) is 2.81. The monoisotopic (exact) mass is 463 g/mol. The lowest BCUT2D eigenvalue weighted by atomic mass is 10.1. The van der Waals surface area contributed by atoms with Crippen LogP contribution in [0.15, 0.2) is 29.3 Å². The summed E-state index contributed by atoms with van der Waals surface area (Å²) in [5, 5.41) is 6.65. The molecule has 0 amide bonds. The van der Waals surface area contributed by atoms with E-state index in [1.165, 1.54) is 12.1 Å². The van der Waals surface area contributed by atoms with E-state index in [1.54, 1.807) is 0 Å². The van der Waals surface area contributed by atoms with Crippen molar-refractivity contribution in [1.29, 1.82) is 0 Å². The number of hydrogen-bond acceptors (Lipinski definition) is 3. The van der Waals surface area contributed by atoms with Gasteiger partial charge in [-0.2, -0.15) is 0 Å². The molecule has 0 aromatic heterocycles. The van der Waals surface area contributed by atoms with Crippen molar-refractivity contribution in [3.05, 3.63) is 35.6 Å². The first-order valence-corrected chi connectivity index (χ1v) is 8.74. The van der Waals surface area contributed by atoms with Crippen LogP contribution in [0.2, 0.25) is 0 Å². The van der Waals surface area contributed by atoms with E-state index in [4.69, 9.17) is 4.99 Å². The maximum atomic E-state index is 12.9. The molecule has 25 heavy (non-hydrogen) atoms. The standard InChI is InChI=1S/C18H30FN5.HI/c1-4-20-18(21-10-9-15-5-7-16(19)8-6-15)22-13-17-14-23(2)11-12-24(17)3;/h5-8,17H,4,9-14H2,1-3H3,(H2,20,21,22);1H. The first kappa shape index (κ1) is 22.1. The quantitative estimate of drug-likeness (QED) is 0.384. The molecule has 5 nitrogen and oxygen atoms in total. The van der Waals surface area contributed by atoms with E-state index in [9.17, 15) is 4.39 Å². The van der Waals surface area contributed by atoms with Crippen molar-refractivity contribution in [2.45, 2.75) is 19.4 Å². The Morgan fingerprint density at radius 2 is 1.92 bits per heavy atom. The Morgan fingerprint density at radius 3 is 2.60 bits per heavy atom. The average molecular weight is 463 g/mol. The van der Waals surface area contributed by atoms with E-state index in [1.807, 2.05) is 12.1 Å². The number of piperazine rings is 1. The van der Waals surface area contributed by atoms with Crippen LogP contribution < -0.4 is 10.6 Å². The van der Waals surface area contributed by atoms with Crippen molar-refractivity contribution in [2.24, 2.45) is 4.99 Å². The van der Waals surface area contributed by atoms with Crippen molar-refractivity contribution >= 4 is 29.9 Å². The van der Waals surface area contributed by atoms with E-state index in [0.29, 0.717) is 6.04 Å². The van der Waals surface area contributed by atoms with E-state index in [-0.39, 0.29) is 29.8 Å². The number of rotatable bonds is 6. The normalized spacial score (nSPS) is 19.4. The molecule has 1 aromatic rings. The molecule has 0 aliphatic carbocycles. The molecular weight excluding hydrogens is 432 g/mol. The Morgan fingerprint density at radius 1 is 1.20 bits per heavy atom. The molecule has 1 aliphatic rings. The van der Waals surface area contributed by atoms with Gasteiger partial charge in [0.15, 0.2) is 5.96 Å². The second kappa shape index (κ2) is 11.6. The number of nitrogens with zero attached hydrogens (tertiary/aromatic N) is 3. The minimum atomic E-state index is -0.191. The van der Waals surface area contributed by atoms with Crippen molar-refractivity contribution < 1.29 is 4.39 Å². The summed E-state index contributed by atoms with van der Waals surface area (Å²) in [5.41, 5.74) is 1.12. The van der Waals surface area contributed by atoms with Crippen LogP contribution >= 0.6 is 24.0 Å². The third-order valence-electron chi connectivity index (χ3n) is 4.40. The van der Waals surface area contributed by atoms with Gasteiger partial charge in [-0.1, -0.05) is 12.1 Å². The molecule has 142 valence electrons. The van der Waals surface area contributed by atoms with Crippen molar-refractivity contribution in [3.8, 4) is 0 Å². The fourth-order valence-corrected chi connectivity index (χ4v) is 2.81. The number of hydrogen-bond donors (Lipinski definition) is 2. The van der Waals surface area contributed by atoms with Gasteiger partial charge in [0, 0.05) is 38.8 Å². The zero-order valence-corrected chi connectivity index (χ0v) is 17.8. The molecule has 2 rings (SSSR count). The number of guanidine groups is 1. The first-order valence-electron chi connectivity index (χ1n) is 8.74. The van der Waals surface area contributed by atoms with E-state index in [2.05, 4.69) is 41.5 Å². The number of likely N-dealkylation sites (N-methyl/N-ethyl adjacent to an activating group) is 2. The molecule has 1 heterocycles. The molecule has 1 aliphatic heterocycles. The van der Waals surface area contributed by atoms with Gasteiger partial charge >= 0.3 is 0 Å². The van der Waals surface area contributed by atoms with Gasteiger partial charge in [-0.15, -0.1) is 24.0 Å². The zero-order valence-electron chi connectivity index (χ0n) is 15.5. The molecule has 1 atom stereocenters. The highest BCUT2D eigenvalue weighted by atomic mass is 127. The lowest BCUT2D eigenvalue weighted by molar-refractivity contribution is 0.119. The SMILES string of the molecule is CCNC(=NCC1CN(C)CCN1C)NCCc1ccc(F)cc1.I. The predicted molar refractivity (Wildman–Crippen MR) is 113 cm³/mol. The maximum absolute atomic E-state index is 12.9. The van der Waals surface area contributed by atoms with E-state index in [0.717, 1.165) is 57.2 Å². The third-order valence-corrected chi connectivity index (χ3v) is 4.40. The zero-order chi connectivity index (χ0) is 17.4. The molecular formula is C18H31FIN5. The number of halogens is 2. The smallest absolute Gasteiger partial charge is 0.191 e. The van der Waals surface area contributed by atoms with Crippen LogP contribution in [0.4, 0.5) is 4.39 Å². The number of nitrogens with one attached hydrogen (secondary N) is 2. The minimum Gasteiger partial charge on any atom is -0.357 e. The fraction of sp³-hybridized carbons (Fsp3) is 0.611.